The highest BCUT2D eigenvalue weighted by atomic mass is 79.9. The molecule has 0 spiro atoms. The molecule has 0 bridgehead atoms. The lowest BCUT2D eigenvalue weighted by atomic mass is 10.00. The molecule has 0 aliphatic rings. The van der Waals surface area contributed by atoms with Crippen molar-refractivity contribution in [2.45, 2.75) is 19.4 Å². The highest BCUT2D eigenvalue weighted by Gasteiger charge is 2.09. The first kappa shape index (κ1) is 14.0. The van der Waals surface area contributed by atoms with Gasteiger partial charge in [-0.1, -0.05) is 6.07 Å². The summed E-state index contributed by atoms with van der Waals surface area (Å²) in [5.41, 5.74) is 9.52. The van der Waals surface area contributed by atoms with Crippen LogP contribution in [0.3, 0.4) is 0 Å². The molecular formula is C15H17BrN2O. The average molecular weight is 321 g/mol. The van der Waals surface area contributed by atoms with Crippen LogP contribution in [0.1, 0.15) is 22.9 Å². The van der Waals surface area contributed by atoms with Gasteiger partial charge in [0.05, 0.1) is 11.6 Å². The van der Waals surface area contributed by atoms with E-state index in [1.54, 1.807) is 13.3 Å². The van der Waals surface area contributed by atoms with Gasteiger partial charge in [-0.2, -0.15) is 0 Å². The van der Waals surface area contributed by atoms with Crippen molar-refractivity contribution in [1.82, 2.24) is 4.98 Å². The summed E-state index contributed by atoms with van der Waals surface area (Å²) >= 11 is 3.49. The Kier molecular flexibility index (Phi) is 4.56. The zero-order valence-electron chi connectivity index (χ0n) is 11.1. The van der Waals surface area contributed by atoms with Gasteiger partial charge in [-0.25, -0.2) is 0 Å². The van der Waals surface area contributed by atoms with Crippen molar-refractivity contribution in [1.29, 1.82) is 0 Å². The molecule has 0 amide bonds. The standard InChI is InChI=1S/C15H17BrN2O/c1-10-7-12(5-6-18-10)14(17)9-11-3-4-15(19-2)13(16)8-11/h3-8,14H,9,17H2,1-2H3. The fourth-order valence-corrected chi connectivity index (χ4v) is 2.59. The van der Waals surface area contributed by atoms with Gasteiger partial charge < -0.3 is 10.5 Å². The van der Waals surface area contributed by atoms with E-state index < -0.39 is 0 Å². The Balaban J connectivity index is 2.14. The number of nitrogens with zero attached hydrogens (tertiary/aromatic N) is 1. The van der Waals surface area contributed by atoms with Gasteiger partial charge >= 0.3 is 0 Å². The molecule has 0 fully saturated rings. The summed E-state index contributed by atoms with van der Waals surface area (Å²) in [5.74, 6) is 0.831. The van der Waals surface area contributed by atoms with Crippen molar-refractivity contribution in [2.24, 2.45) is 5.73 Å². The number of hydrogen-bond donors (Lipinski definition) is 1. The van der Waals surface area contributed by atoms with Gasteiger partial charge in [0, 0.05) is 17.9 Å². The van der Waals surface area contributed by atoms with Crippen LogP contribution in [0.25, 0.3) is 0 Å². The average Bonchev–Trinajstić information content (AvgIpc) is 2.39. The first-order valence-electron chi connectivity index (χ1n) is 6.10. The second-order valence-corrected chi connectivity index (χ2v) is 5.36. The Hall–Kier alpha value is -1.39. The maximum absolute atomic E-state index is 6.24. The van der Waals surface area contributed by atoms with Crippen LogP contribution in [0.2, 0.25) is 0 Å². The third kappa shape index (κ3) is 3.55. The molecule has 0 aliphatic carbocycles. The van der Waals surface area contributed by atoms with E-state index in [1.165, 1.54) is 5.56 Å². The van der Waals surface area contributed by atoms with Crippen molar-refractivity contribution < 1.29 is 4.74 Å². The molecule has 1 atom stereocenters. The SMILES string of the molecule is COc1ccc(CC(N)c2ccnc(C)c2)cc1Br. The minimum absolute atomic E-state index is 0.0259. The van der Waals surface area contributed by atoms with Gasteiger partial charge in [0.15, 0.2) is 0 Å². The lowest BCUT2D eigenvalue weighted by Crippen LogP contribution is -2.13. The van der Waals surface area contributed by atoms with Crippen molar-refractivity contribution in [2.75, 3.05) is 7.11 Å². The second kappa shape index (κ2) is 6.17. The topological polar surface area (TPSA) is 48.1 Å². The summed E-state index contributed by atoms with van der Waals surface area (Å²) in [6.07, 6.45) is 2.58. The molecule has 1 heterocycles. The van der Waals surface area contributed by atoms with E-state index in [0.717, 1.165) is 27.9 Å². The molecule has 2 rings (SSSR count). The number of hydrogen-bond acceptors (Lipinski definition) is 3. The summed E-state index contributed by atoms with van der Waals surface area (Å²) in [7, 11) is 1.66. The van der Waals surface area contributed by atoms with Crippen LogP contribution >= 0.6 is 15.9 Å². The Morgan fingerprint density at radius 1 is 1.32 bits per heavy atom. The van der Waals surface area contributed by atoms with Crippen LogP contribution in [0.15, 0.2) is 41.0 Å². The Labute approximate surface area is 121 Å². The summed E-state index contributed by atoms with van der Waals surface area (Å²) in [6, 6.07) is 10.0. The van der Waals surface area contributed by atoms with Crippen molar-refractivity contribution in [3.8, 4) is 5.75 Å². The molecule has 2 N–H and O–H groups in total. The van der Waals surface area contributed by atoms with E-state index in [1.807, 2.05) is 37.3 Å². The minimum atomic E-state index is -0.0259. The first-order chi connectivity index (χ1) is 9.10. The van der Waals surface area contributed by atoms with Crippen LogP contribution in [-0.2, 0) is 6.42 Å². The number of rotatable bonds is 4. The fourth-order valence-electron chi connectivity index (χ4n) is 2.01. The number of halogens is 1. The van der Waals surface area contributed by atoms with E-state index in [0.29, 0.717) is 0 Å². The molecule has 4 heteroatoms. The zero-order valence-corrected chi connectivity index (χ0v) is 12.6. The van der Waals surface area contributed by atoms with Gasteiger partial charge in [0.25, 0.3) is 0 Å². The predicted molar refractivity (Wildman–Crippen MR) is 80.3 cm³/mol. The Morgan fingerprint density at radius 3 is 2.74 bits per heavy atom. The van der Waals surface area contributed by atoms with Gasteiger partial charge in [0.1, 0.15) is 5.75 Å². The smallest absolute Gasteiger partial charge is 0.133 e. The number of nitrogens with two attached hydrogens (primary N) is 1. The van der Waals surface area contributed by atoms with Crippen LogP contribution < -0.4 is 10.5 Å². The van der Waals surface area contributed by atoms with E-state index in [4.69, 9.17) is 10.5 Å². The number of aryl methyl sites for hydroxylation is 1. The summed E-state index contributed by atoms with van der Waals surface area (Å²) in [4.78, 5) is 4.19. The second-order valence-electron chi connectivity index (χ2n) is 4.51. The Bertz CT molecular complexity index is 572. The third-order valence-corrected chi connectivity index (χ3v) is 3.64. The molecule has 1 unspecified atom stereocenters. The monoisotopic (exact) mass is 320 g/mol. The summed E-state index contributed by atoms with van der Waals surface area (Å²) in [5, 5.41) is 0. The lowest BCUT2D eigenvalue weighted by molar-refractivity contribution is 0.412. The molecule has 0 saturated carbocycles. The molecule has 0 radical (unpaired) electrons. The van der Waals surface area contributed by atoms with E-state index in [-0.39, 0.29) is 6.04 Å². The zero-order chi connectivity index (χ0) is 13.8. The van der Waals surface area contributed by atoms with Crippen molar-refractivity contribution >= 4 is 15.9 Å². The van der Waals surface area contributed by atoms with Crippen molar-refractivity contribution in [3.63, 3.8) is 0 Å². The maximum atomic E-state index is 6.24. The van der Waals surface area contributed by atoms with E-state index in [2.05, 4.69) is 20.9 Å². The molecule has 0 aliphatic heterocycles. The minimum Gasteiger partial charge on any atom is -0.496 e. The fraction of sp³-hybridized carbons (Fsp3) is 0.267. The predicted octanol–water partition coefficient (Wildman–Crippen LogP) is 3.40. The van der Waals surface area contributed by atoms with Crippen LogP contribution in [0.4, 0.5) is 0 Å². The highest BCUT2D eigenvalue weighted by molar-refractivity contribution is 9.10. The van der Waals surface area contributed by atoms with E-state index >= 15 is 0 Å². The normalized spacial score (nSPS) is 12.2. The first-order valence-corrected chi connectivity index (χ1v) is 6.90. The largest absolute Gasteiger partial charge is 0.496 e. The van der Waals surface area contributed by atoms with Gasteiger partial charge in [-0.3, -0.25) is 4.98 Å². The van der Waals surface area contributed by atoms with Gasteiger partial charge in [0.2, 0.25) is 0 Å². The summed E-state index contributed by atoms with van der Waals surface area (Å²) < 4.78 is 6.17. The molecule has 3 nitrogen and oxygen atoms in total. The lowest BCUT2D eigenvalue weighted by Gasteiger charge is -2.13. The number of pyridine rings is 1. The molecule has 100 valence electrons. The van der Waals surface area contributed by atoms with Crippen LogP contribution in [-0.4, -0.2) is 12.1 Å². The van der Waals surface area contributed by atoms with Crippen LogP contribution in [0, 0.1) is 6.92 Å². The number of aromatic nitrogens is 1. The maximum Gasteiger partial charge on any atom is 0.133 e. The van der Waals surface area contributed by atoms with Crippen LogP contribution in [0.5, 0.6) is 5.75 Å². The molecule has 19 heavy (non-hydrogen) atoms. The molecule has 0 saturated heterocycles. The molecular weight excluding hydrogens is 304 g/mol. The van der Waals surface area contributed by atoms with Gasteiger partial charge in [-0.05, 0) is 64.7 Å². The Morgan fingerprint density at radius 2 is 2.11 bits per heavy atom. The summed E-state index contributed by atoms with van der Waals surface area (Å²) in [6.45, 7) is 1.97. The number of ether oxygens (including phenoxy) is 1. The molecule has 1 aromatic heterocycles. The van der Waals surface area contributed by atoms with E-state index in [9.17, 15) is 0 Å². The number of benzene rings is 1. The van der Waals surface area contributed by atoms with Gasteiger partial charge in [-0.15, -0.1) is 0 Å². The quantitative estimate of drug-likeness (QED) is 0.939. The highest BCUT2D eigenvalue weighted by Crippen LogP contribution is 2.27. The third-order valence-electron chi connectivity index (χ3n) is 3.02. The number of methoxy groups -OCH3 is 1. The molecule has 2 aromatic rings. The molecule has 1 aromatic carbocycles. The van der Waals surface area contributed by atoms with Crippen molar-refractivity contribution in [3.05, 3.63) is 57.8 Å².